The van der Waals surface area contributed by atoms with E-state index < -0.39 is 6.04 Å². The molecule has 6 nitrogen and oxygen atoms in total. The first-order valence-corrected chi connectivity index (χ1v) is 11.8. The summed E-state index contributed by atoms with van der Waals surface area (Å²) in [7, 11) is 0. The number of hydrogen-bond acceptors (Lipinski definition) is 4. The zero-order valence-electron chi connectivity index (χ0n) is 17.8. The van der Waals surface area contributed by atoms with Gasteiger partial charge in [0.1, 0.15) is 6.04 Å². The average molecular weight is 473 g/mol. The molecule has 4 rings (SSSR count). The molecule has 1 N–H and O–H groups in total. The lowest BCUT2D eigenvalue weighted by atomic mass is 9.91. The molecule has 1 unspecified atom stereocenters. The van der Waals surface area contributed by atoms with Crippen LogP contribution in [0.2, 0.25) is 10.0 Å². The normalized spacial score (nSPS) is 17.9. The van der Waals surface area contributed by atoms with Gasteiger partial charge in [0, 0.05) is 42.3 Å². The van der Waals surface area contributed by atoms with Crippen LogP contribution in [0.4, 0.5) is 0 Å². The van der Waals surface area contributed by atoms with E-state index in [1.807, 2.05) is 17.0 Å². The number of likely N-dealkylation sites (tertiary alicyclic amines) is 1. The molecule has 168 valence electrons. The van der Waals surface area contributed by atoms with E-state index in [1.54, 1.807) is 30.6 Å². The van der Waals surface area contributed by atoms with E-state index in [0.717, 1.165) is 55.8 Å². The summed E-state index contributed by atoms with van der Waals surface area (Å²) in [6.07, 6.45) is 10.3. The predicted molar refractivity (Wildman–Crippen MR) is 125 cm³/mol. The lowest BCUT2D eigenvalue weighted by Crippen LogP contribution is -2.38. The third-order valence-electron chi connectivity index (χ3n) is 6.11. The van der Waals surface area contributed by atoms with Crippen LogP contribution in [0.3, 0.4) is 0 Å². The third-order valence-corrected chi connectivity index (χ3v) is 6.66. The van der Waals surface area contributed by atoms with Gasteiger partial charge in [0.05, 0.1) is 15.9 Å². The summed E-state index contributed by atoms with van der Waals surface area (Å²) in [5.74, 6) is 0.518. The number of benzene rings is 1. The molecule has 1 aromatic carbocycles. The Hall–Kier alpha value is -2.44. The zero-order chi connectivity index (χ0) is 22.5. The van der Waals surface area contributed by atoms with Gasteiger partial charge < -0.3 is 10.2 Å². The van der Waals surface area contributed by atoms with Crippen molar-refractivity contribution in [2.75, 3.05) is 19.6 Å². The van der Waals surface area contributed by atoms with Crippen molar-refractivity contribution in [3.63, 3.8) is 0 Å². The molecular weight excluding hydrogens is 447 g/mol. The fourth-order valence-electron chi connectivity index (χ4n) is 4.27. The van der Waals surface area contributed by atoms with Crippen LogP contribution in [0.15, 0.2) is 41.7 Å². The molecule has 0 saturated carbocycles. The van der Waals surface area contributed by atoms with Gasteiger partial charge in [-0.1, -0.05) is 36.0 Å². The quantitative estimate of drug-likeness (QED) is 0.629. The van der Waals surface area contributed by atoms with E-state index in [9.17, 15) is 9.59 Å². The van der Waals surface area contributed by atoms with E-state index in [1.165, 1.54) is 0 Å². The summed E-state index contributed by atoms with van der Waals surface area (Å²) in [6, 6.07) is 6.37. The van der Waals surface area contributed by atoms with Crippen molar-refractivity contribution in [2.45, 2.75) is 38.1 Å². The molecule has 1 aromatic heterocycles. The second-order valence-corrected chi connectivity index (χ2v) is 9.17. The van der Waals surface area contributed by atoms with Gasteiger partial charge in [-0.15, -0.1) is 0 Å². The topological polar surface area (TPSA) is 74.7 Å². The number of carbonyl (C=O) groups excluding carboxylic acids is 2. The predicted octanol–water partition coefficient (Wildman–Crippen LogP) is 3.01. The average Bonchev–Trinajstić information content (AvgIpc) is 3.23. The Morgan fingerprint density at radius 2 is 1.94 bits per heavy atom. The van der Waals surface area contributed by atoms with Crippen LogP contribution in [-0.2, 0) is 4.79 Å². The molecule has 1 atom stereocenters. The Morgan fingerprint density at radius 3 is 2.69 bits per heavy atom. The molecule has 2 aromatic rings. The minimum Gasteiger partial charge on any atom is -0.354 e. The molecule has 0 radical (unpaired) electrons. The van der Waals surface area contributed by atoms with Crippen molar-refractivity contribution < 1.29 is 9.59 Å². The summed E-state index contributed by atoms with van der Waals surface area (Å²) in [5.41, 5.74) is 0.510. The Balaban J connectivity index is 1.13. The van der Waals surface area contributed by atoms with Crippen LogP contribution in [0.25, 0.3) is 6.08 Å². The summed E-state index contributed by atoms with van der Waals surface area (Å²) in [5, 5.41) is 5.65. The third kappa shape index (κ3) is 5.48. The van der Waals surface area contributed by atoms with Crippen molar-refractivity contribution >= 4 is 41.1 Å². The second kappa shape index (κ2) is 10.5. The van der Waals surface area contributed by atoms with Gasteiger partial charge in [-0.25, -0.2) is 0 Å². The minimum absolute atomic E-state index is 0.0279. The van der Waals surface area contributed by atoms with Crippen LogP contribution < -0.4 is 15.9 Å². The first-order chi connectivity index (χ1) is 15.5. The number of unbranched alkanes of at least 4 members (excludes halogenated alkanes) is 1. The van der Waals surface area contributed by atoms with Crippen molar-refractivity contribution in [2.24, 2.45) is 10.9 Å². The highest BCUT2D eigenvalue weighted by atomic mass is 35.5. The second-order valence-electron chi connectivity index (χ2n) is 8.32. The molecule has 0 spiro atoms. The fourth-order valence-corrected chi connectivity index (χ4v) is 4.76. The molecule has 2 aliphatic rings. The standard InChI is InChI=1S/C24H26Cl2N4O2/c25-18-4-5-19(20(26)14-18)24(32)30-11-7-16(8-12-30)3-1-2-9-28-23(31)22-13-17-15-27-10-6-21(17)29-22/h4-6,10,13-16,22H,1-3,7-9,11-12H2,(H,28,31). The molecule has 3 heterocycles. The van der Waals surface area contributed by atoms with Crippen LogP contribution in [0.5, 0.6) is 0 Å². The van der Waals surface area contributed by atoms with Crippen molar-refractivity contribution in [3.05, 3.63) is 62.8 Å². The number of nitrogens with zero attached hydrogens (tertiary/aromatic N) is 3. The Bertz CT molecular complexity index is 1080. The Kier molecular flexibility index (Phi) is 7.43. The highest BCUT2D eigenvalue weighted by Crippen LogP contribution is 2.26. The Labute approximate surface area is 197 Å². The first kappa shape index (κ1) is 22.7. The van der Waals surface area contributed by atoms with E-state index in [-0.39, 0.29) is 11.8 Å². The number of nitrogens with one attached hydrogen (secondary N) is 1. The van der Waals surface area contributed by atoms with Gasteiger partial charge in [-0.2, -0.15) is 0 Å². The van der Waals surface area contributed by atoms with E-state index in [4.69, 9.17) is 23.2 Å². The number of fused-ring (bicyclic) bond motifs is 1. The van der Waals surface area contributed by atoms with Crippen molar-refractivity contribution in [1.29, 1.82) is 0 Å². The lowest BCUT2D eigenvalue weighted by Gasteiger charge is -2.32. The maximum absolute atomic E-state index is 12.7. The zero-order valence-corrected chi connectivity index (χ0v) is 19.3. The van der Waals surface area contributed by atoms with E-state index in [0.29, 0.717) is 28.1 Å². The molecule has 1 saturated heterocycles. The highest BCUT2D eigenvalue weighted by molar-refractivity contribution is 6.36. The van der Waals surface area contributed by atoms with Gasteiger partial charge >= 0.3 is 0 Å². The lowest BCUT2D eigenvalue weighted by molar-refractivity contribution is -0.121. The summed E-state index contributed by atoms with van der Waals surface area (Å²) >= 11 is 12.1. The van der Waals surface area contributed by atoms with Crippen LogP contribution in [0, 0.1) is 5.92 Å². The van der Waals surface area contributed by atoms with Gasteiger partial charge in [-0.3, -0.25) is 19.6 Å². The number of piperidine rings is 1. The molecule has 8 heteroatoms. The largest absolute Gasteiger partial charge is 0.354 e. The van der Waals surface area contributed by atoms with E-state index in [2.05, 4.69) is 15.3 Å². The molecular formula is C24H26Cl2N4O2. The fraction of sp³-hybridized carbons (Fsp3) is 0.417. The Morgan fingerprint density at radius 1 is 1.12 bits per heavy atom. The number of halogens is 2. The van der Waals surface area contributed by atoms with Gasteiger partial charge in [0.25, 0.3) is 5.91 Å². The number of aromatic nitrogens is 1. The molecule has 32 heavy (non-hydrogen) atoms. The summed E-state index contributed by atoms with van der Waals surface area (Å²) in [6.45, 7) is 2.14. The number of rotatable bonds is 7. The molecule has 2 amide bonds. The van der Waals surface area contributed by atoms with Crippen LogP contribution in [0.1, 0.15) is 42.5 Å². The number of pyridine rings is 1. The van der Waals surface area contributed by atoms with Crippen LogP contribution in [-0.4, -0.2) is 47.4 Å². The van der Waals surface area contributed by atoms with E-state index >= 15 is 0 Å². The maximum atomic E-state index is 12.7. The van der Waals surface area contributed by atoms with Crippen LogP contribution >= 0.6 is 23.2 Å². The summed E-state index contributed by atoms with van der Waals surface area (Å²) in [4.78, 5) is 35.4. The maximum Gasteiger partial charge on any atom is 0.255 e. The van der Waals surface area contributed by atoms with Crippen molar-refractivity contribution in [3.8, 4) is 0 Å². The minimum atomic E-state index is -0.454. The molecule has 2 aliphatic heterocycles. The first-order valence-electron chi connectivity index (χ1n) is 11.0. The monoisotopic (exact) mass is 472 g/mol. The summed E-state index contributed by atoms with van der Waals surface area (Å²) < 4.78 is 0. The van der Waals surface area contributed by atoms with Crippen molar-refractivity contribution in [1.82, 2.24) is 15.2 Å². The number of hydrogen-bond donors (Lipinski definition) is 1. The van der Waals surface area contributed by atoms with Gasteiger partial charge in [0.2, 0.25) is 5.91 Å². The number of amides is 2. The smallest absolute Gasteiger partial charge is 0.255 e. The SMILES string of the molecule is O=C(NCCCCC1CCN(C(=O)c2ccc(Cl)cc2Cl)CC1)C1C=c2cnccc2=N1. The van der Waals surface area contributed by atoms with Gasteiger partial charge in [-0.05, 0) is 55.5 Å². The number of carbonyl (C=O) groups is 2. The van der Waals surface area contributed by atoms with Gasteiger partial charge in [0.15, 0.2) is 0 Å². The molecule has 1 fully saturated rings. The molecule has 0 bridgehead atoms. The highest BCUT2D eigenvalue weighted by Gasteiger charge is 2.25. The molecule has 0 aliphatic carbocycles.